The molecular formula is C18H25N5O2. The van der Waals surface area contributed by atoms with E-state index < -0.39 is 0 Å². The van der Waals surface area contributed by atoms with Gasteiger partial charge < -0.3 is 9.64 Å². The highest BCUT2D eigenvalue weighted by Gasteiger charge is 2.26. The Labute approximate surface area is 148 Å². The number of carbonyl (C=O) groups is 1. The molecule has 3 rings (SSSR count). The smallest absolute Gasteiger partial charge is 0.223 e. The highest BCUT2D eigenvalue weighted by atomic mass is 16.5. The minimum atomic E-state index is 0.118. The molecule has 0 N–H and O–H groups in total. The Hall–Kier alpha value is -2.28. The molecule has 3 heterocycles. The van der Waals surface area contributed by atoms with Crippen LogP contribution in [0.5, 0.6) is 0 Å². The van der Waals surface area contributed by atoms with Crippen LogP contribution in [0.1, 0.15) is 30.7 Å². The summed E-state index contributed by atoms with van der Waals surface area (Å²) in [6.07, 6.45) is 10.1. The number of carbonyl (C=O) groups excluding carboxylic acids is 1. The van der Waals surface area contributed by atoms with Crippen LogP contribution in [0, 0.1) is 6.92 Å². The quantitative estimate of drug-likeness (QED) is 0.764. The van der Waals surface area contributed by atoms with Gasteiger partial charge in [0, 0.05) is 44.3 Å². The summed E-state index contributed by atoms with van der Waals surface area (Å²) in [6, 6.07) is 2.02. The fraction of sp³-hybridized carbons (Fsp3) is 0.556. The summed E-state index contributed by atoms with van der Waals surface area (Å²) in [7, 11) is 0. The van der Waals surface area contributed by atoms with Crippen LogP contribution < -0.4 is 0 Å². The predicted molar refractivity (Wildman–Crippen MR) is 92.9 cm³/mol. The zero-order valence-corrected chi connectivity index (χ0v) is 14.7. The first kappa shape index (κ1) is 17.5. The first-order valence-corrected chi connectivity index (χ1v) is 8.85. The molecule has 2 aromatic heterocycles. The molecule has 1 aliphatic rings. The van der Waals surface area contributed by atoms with Crippen molar-refractivity contribution in [2.45, 2.75) is 45.2 Å². The molecule has 7 heteroatoms. The van der Waals surface area contributed by atoms with Gasteiger partial charge in [0.2, 0.25) is 5.91 Å². The van der Waals surface area contributed by atoms with Gasteiger partial charge in [-0.2, -0.15) is 5.10 Å². The summed E-state index contributed by atoms with van der Waals surface area (Å²) in [4.78, 5) is 23.3. The monoisotopic (exact) mass is 343 g/mol. The van der Waals surface area contributed by atoms with E-state index in [1.807, 2.05) is 28.8 Å². The van der Waals surface area contributed by atoms with Crippen molar-refractivity contribution in [1.29, 1.82) is 0 Å². The summed E-state index contributed by atoms with van der Waals surface area (Å²) < 4.78 is 7.46. The van der Waals surface area contributed by atoms with Crippen molar-refractivity contribution in [1.82, 2.24) is 24.6 Å². The van der Waals surface area contributed by atoms with Crippen LogP contribution in [0.2, 0.25) is 0 Å². The molecule has 1 aliphatic heterocycles. The fourth-order valence-electron chi connectivity index (χ4n) is 3.18. The van der Waals surface area contributed by atoms with Gasteiger partial charge in [0.15, 0.2) is 0 Å². The third-order valence-electron chi connectivity index (χ3n) is 4.58. The summed E-state index contributed by atoms with van der Waals surface area (Å²) in [5.41, 5.74) is 1.95. The number of amides is 1. The van der Waals surface area contributed by atoms with Crippen molar-refractivity contribution in [3.8, 4) is 0 Å². The standard InChI is InChI=1S/C18H25N5O2/c1-15-17(20-9-8-19-15)6-5-16-14-25-13-12-23(16)18(24)4-2-10-22-11-3-7-21-22/h3,7-9,11,16H,2,4-6,10,12-14H2,1H3/t16-/m0/s1. The minimum Gasteiger partial charge on any atom is -0.377 e. The molecular weight excluding hydrogens is 318 g/mol. The third-order valence-corrected chi connectivity index (χ3v) is 4.58. The van der Waals surface area contributed by atoms with E-state index in [1.165, 1.54) is 0 Å². The van der Waals surface area contributed by atoms with Crippen LogP contribution >= 0.6 is 0 Å². The number of hydrogen-bond donors (Lipinski definition) is 0. The molecule has 1 fully saturated rings. The van der Waals surface area contributed by atoms with Crippen LogP contribution in [0.25, 0.3) is 0 Å². The molecule has 25 heavy (non-hydrogen) atoms. The van der Waals surface area contributed by atoms with Gasteiger partial charge in [-0.25, -0.2) is 0 Å². The molecule has 0 aliphatic carbocycles. The molecule has 134 valence electrons. The number of nitrogens with zero attached hydrogens (tertiary/aromatic N) is 5. The number of morpholine rings is 1. The van der Waals surface area contributed by atoms with Crippen molar-refractivity contribution in [2.75, 3.05) is 19.8 Å². The molecule has 0 radical (unpaired) electrons. The van der Waals surface area contributed by atoms with E-state index in [4.69, 9.17) is 4.74 Å². The summed E-state index contributed by atoms with van der Waals surface area (Å²) in [6.45, 7) is 4.63. The van der Waals surface area contributed by atoms with Gasteiger partial charge in [-0.15, -0.1) is 0 Å². The van der Waals surface area contributed by atoms with E-state index in [9.17, 15) is 4.79 Å². The van der Waals surface area contributed by atoms with Gasteiger partial charge in [0.25, 0.3) is 0 Å². The Kier molecular flexibility index (Phi) is 6.11. The molecule has 0 bridgehead atoms. The van der Waals surface area contributed by atoms with E-state index in [0.29, 0.717) is 26.2 Å². The molecule has 0 unspecified atom stereocenters. The van der Waals surface area contributed by atoms with E-state index >= 15 is 0 Å². The lowest BCUT2D eigenvalue weighted by Crippen LogP contribution is -2.48. The van der Waals surface area contributed by atoms with E-state index in [2.05, 4.69) is 15.1 Å². The number of hydrogen-bond acceptors (Lipinski definition) is 5. The van der Waals surface area contributed by atoms with Gasteiger partial charge in [-0.3, -0.25) is 19.4 Å². The maximum Gasteiger partial charge on any atom is 0.223 e. The van der Waals surface area contributed by atoms with Gasteiger partial charge in [-0.1, -0.05) is 0 Å². The summed E-state index contributed by atoms with van der Waals surface area (Å²) in [5.74, 6) is 0.205. The Morgan fingerprint density at radius 1 is 1.32 bits per heavy atom. The predicted octanol–water partition coefficient (Wildman–Crippen LogP) is 1.62. The molecule has 7 nitrogen and oxygen atoms in total. The van der Waals surface area contributed by atoms with Crippen molar-refractivity contribution in [3.63, 3.8) is 0 Å². The lowest BCUT2D eigenvalue weighted by Gasteiger charge is -2.36. The first-order chi connectivity index (χ1) is 12.2. The van der Waals surface area contributed by atoms with Crippen molar-refractivity contribution in [2.24, 2.45) is 0 Å². The van der Waals surface area contributed by atoms with Crippen LogP contribution in [0.3, 0.4) is 0 Å². The molecule has 0 spiro atoms. The normalized spacial score (nSPS) is 17.6. The largest absolute Gasteiger partial charge is 0.377 e. The van der Waals surface area contributed by atoms with E-state index in [-0.39, 0.29) is 11.9 Å². The number of aromatic nitrogens is 4. The molecule has 2 aromatic rings. The number of rotatable bonds is 7. The second kappa shape index (κ2) is 8.71. The minimum absolute atomic E-state index is 0.118. The average molecular weight is 343 g/mol. The van der Waals surface area contributed by atoms with Gasteiger partial charge >= 0.3 is 0 Å². The van der Waals surface area contributed by atoms with Gasteiger partial charge in [-0.05, 0) is 32.3 Å². The lowest BCUT2D eigenvalue weighted by atomic mass is 10.1. The topological polar surface area (TPSA) is 73.1 Å². The van der Waals surface area contributed by atoms with Crippen molar-refractivity contribution < 1.29 is 9.53 Å². The highest BCUT2D eigenvalue weighted by molar-refractivity contribution is 5.76. The second-order valence-electron chi connectivity index (χ2n) is 6.32. The molecule has 0 saturated carbocycles. The van der Waals surface area contributed by atoms with Crippen LogP contribution in [0.4, 0.5) is 0 Å². The number of ether oxygens (including phenoxy) is 1. The molecule has 1 atom stereocenters. The van der Waals surface area contributed by atoms with Crippen molar-refractivity contribution >= 4 is 5.91 Å². The fourth-order valence-corrected chi connectivity index (χ4v) is 3.18. The van der Waals surface area contributed by atoms with E-state index in [0.717, 1.165) is 37.2 Å². The molecule has 1 amide bonds. The summed E-state index contributed by atoms with van der Waals surface area (Å²) >= 11 is 0. The van der Waals surface area contributed by atoms with Crippen LogP contribution in [0.15, 0.2) is 30.9 Å². The Balaban J connectivity index is 1.51. The second-order valence-corrected chi connectivity index (χ2v) is 6.32. The zero-order valence-electron chi connectivity index (χ0n) is 14.7. The maximum absolute atomic E-state index is 12.6. The Morgan fingerprint density at radius 2 is 2.20 bits per heavy atom. The van der Waals surface area contributed by atoms with Crippen LogP contribution in [-0.4, -0.2) is 56.4 Å². The van der Waals surface area contributed by atoms with Crippen LogP contribution in [-0.2, 0) is 22.5 Å². The number of aryl methyl sites for hydroxylation is 3. The highest BCUT2D eigenvalue weighted by Crippen LogP contribution is 2.16. The lowest BCUT2D eigenvalue weighted by molar-refractivity contribution is -0.140. The molecule has 1 saturated heterocycles. The SMILES string of the molecule is Cc1nccnc1CC[C@H]1COCCN1C(=O)CCCn1cccn1. The Morgan fingerprint density at radius 3 is 3.00 bits per heavy atom. The van der Waals surface area contributed by atoms with E-state index in [1.54, 1.807) is 18.6 Å². The third kappa shape index (κ3) is 4.85. The average Bonchev–Trinajstić information content (AvgIpc) is 3.15. The molecule has 0 aromatic carbocycles. The summed E-state index contributed by atoms with van der Waals surface area (Å²) in [5, 5.41) is 4.17. The van der Waals surface area contributed by atoms with Gasteiger partial charge in [0.05, 0.1) is 30.6 Å². The maximum atomic E-state index is 12.6. The zero-order chi connectivity index (χ0) is 17.5. The van der Waals surface area contributed by atoms with Gasteiger partial charge in [0.1, 0.15) is 0 Å². The Bertz CT molecular complexity index is 674. The first-order valence-electron chi connectivity index (χ1n) is 8.85. The van der Waals surface area contributed by atoms with Crippen molar-refractivity contribution in [3.05, 3.63) is 42.2 Å².